The molecule has 0 spiro atoms. The van der Waals surface area contributed by atoms with Gasteiger partial charge in [-0.15, -0.1) is 0 Å². The van der Waals surface area contributed by atoms with Crippen molar-refractivity contribution >= 4 is 11.6 Å². The number of nitrogens with one attached hydrogen (secondary N) is 2. The lowest BCUT2D eigenvalue weighted by molar-refractivity contribution is 0.102. The van der Waals surface area contributed by atoms with E-state index in [4.69, 9.17) is 4.74 Å². The largest absolute Gasteiger partial charge is 0.495 e. The van der Waals surface area contributed by atoms with Crippen LogP contribution in [0.5, 0.6) is 5.75 Å². The second kappa shape index (κ2) is 5.18. The van der Waals surface area contributed by atoms with Crippen LogP contribution in [0.25, 0.3) is 0 Å². The van der Waals surface area contributed by atoms with Gasteiger partial charge in [-0.1, -0.05) is 12.1 Å². The summed E-state index contributed by atoms with van der Waals surface area (Å²) in [4.78, 5) is 26.1. The van der Waals surface area contributed by atoms with E-state index in [-0.39, 0.29) is 11.0 Å². The van der Waals surface area contributed by atoms with Gasteiger partial charge in [0.1, 0.15) is 11.3 Å². The Morgan fingerprint density at radius 2 is 2.06 bits per heavy atom. The van der Waals surface area contributed by atoms with Gasteiger partial charge in [-0.05, 0) is 12.1 Å². The fraction of sp³-hybridized carbons (Fsp3) is 0.0769. The molecule has 92 valence electrons. The molecule has 0 aliphatic carbocycles. The van der Waals surface area contributed by atoms with Crippen molar-refractivity contribution in [1.29, 1.82) is 0 Å². The molecular formula is C13H12N2O3. The third kappa shape index (κ3) is 2.40. The third-order valence-corrected chi connectivity index (χ3v) is 2.42. The Balaban J connectivity index is 2.27. The first-order valence-electron chi connectivity index (χ1n) is 5.34. The molecule has 1 amide bonds. The maximum Gasteiger partial charge on any atom is 0.261 e. The van der Waals surface area contributed by atoms with Crippen LogP contribution < -0.4 is 15.5 Å². The van der Waals surface area contributed by atoms with Crippen LogP contribution in [0.3, 0.4) is 0 Å². The summed E-state index contributed by atoms with van der Waals surface area (Å²) in [6, 6.07) is 8.30. The molecule has 0 saturated carbocycles. The number of amides is 1. The number of carbonyl (C=O) groups excluding carboxylic acids is 1. The highest BCUT2D eigenvalue weighted by Crippen LogP contribution is 2.23. The number of rotatable bonds is 3. The van der Waals surface area contributed by atoms with Crippen molar-refractivity contribution in [3.63, 3.8) is 0 Å². The molecule has 5 nitrogen and oxygen atoms in total. The summed E-state index contributed by atoms with van der Waals surface area (Å²) < 4.78 is 5.11. The van der Waals surface area contributed by atoms with Gasteiger partial charge < -0.3 is 15.0 Å². The van der Waals surface area contributed by atoms with Crippen LogP contribution in [-0.2, 0) is 0 Å². The molecule has 18 heavy (non-hydrogen) atoms. The Labute approximate surface area is 103 Å². The van der Waals surface area contributed by atoms with Gasteiger partial charge in [-0.25, -0.2) is 0 Å². The lowest BCUT2D eigenvalue weighted by atomic mass is 10.2. The van der Waals surface area contributed by atoms with Crippen molar-refractivity contribution in [2.24, 2.45) is 0 Å². The first kappa shape index (κ1) is 11.9. The predicted molar refractivity (Wildman–Crippen MR) is 68.0 cm³/mol. The van der Waals surface area contributed by atoms with E-state index < -0.39 is 5.91 Å². The zero-order valence-corrected chi connectivity index (χ0v) is 9.77. The van der Waals surface area contributed by atoms with Crippen molar-refractivity contribution < 1.29 is 9.53 Å². The van der Waals surface area contributed by atoms with Crippen LogP contribution in [0.15, 0.2) is 47.5 Å². The topological polar surface area (TPSA) is 71.2 Å². The van der Waals surface area contributed by atoms with Crippen LogP contribution in [0, 0.1) is 0 Å². The van der Waals surface area contributed by atoms with Crippen LogP contribution in [-0.4, -0.2) is 18.0 Å². The van der Waals surface area contributed by atoms with Crippen molar-refractivity contribution in [2.75, 3.05) is 12.4 Å². The Morgan fingerprint density at radius 1 is 1.28 bits per heavy atom. The number of carbonyl (C=O) groups is 1. The van der Waals surface area contributed by atoms with Gasteiger partial charge >= 0.3 is 0 Å². The summed E-state index contributed by atoms with van der Waals surface area (Å²) in [6.07, 6.45) is 2.84. The molecule has 1 aromatic carbocycles. The molecule has 2 N–H and O–H groups in total. The molecule has 1 heterocycles. The average Bonchev–Trinajstić information content (AvgIpc) is 2.39. The van der Waals surface area contributed by atoms with Crippen LogP contribution in [0.4, 0.5) is 5.69 Å². The minimum atomic E-state index is -0.471. The summed E-state index contributed by atoms with van der Waals surface area (Å²) >= 11 is 0. The minimum absolute atomic E-state index is 0.0587. The lowest BCUT2D eigenvalue weighted by Gasteiger charge is -2.09. The number of aromatic nitrogens is 1. The molecule has 5 heteroatoms. The van der Waals surface area contributed by atoms with Crippen molar-refractivity contribution in [2.45, 2.75) is 0 Å². The summed E-state index contributed by atoms with van der Waals surface area (Å²) in [5.74, 6) is 0.0690. The van der Waals surface area contributed by atoms with E-state index >= 15 is 0 Å². The van der Waals surface area contributed by atoms with E-state index in [9.17, 15) is 9.59 Å². The Hall–Kier alpha value is -2.56. The van der Waals surface area contributed by atoms with E-state index in [0.29, 0.717) is 11.4 Å². The van der Waals surface area contributed by atoms with E-state index in [2.05, 4.69) is 10.3 Å². The molecule has 0 unspecified atom stereocenters. The number of hydrogen-bond donors (Lipinski definition) is 2. The van der Waals surface area contributed by atoms with Gasteiger partial charge in [0.15, 0.2) is 5.43 Å². The Morgan fingerprint density at radius 3 is 2.78 bits per heavy atom. The molecule has 0 radical (unpaired) electrons. The fourth-order valence-corrected chi connectivity index (χ4v) is 1.53. The van der Waals surface area contributed by atoms with Crippen molar-refractivity contribution in [1.82, 2.24) is 4.98 Å². The number of para-hydroxylation sites is 2. The number of anilines is 1. The molecule has 0 aliphatic heterocycles. The average molecular weight is 244 g/mol. The summed E-state index contributed by atoms with van der Waals surface area (Å²) in [5.41, 5.74) is 0.248. The highest BCUT2D eigenvalue weighted by molar-refractivity contribution is 6.04. The van der Waals surface area contributed by atoms with E-state index in [1.54, 1.807) is 24.3 Å². The zero-order chi connectivity index (χ0) is 13.0. The summed E-state index contributed by atoms with van der Waals surface area (Å²) in [5, 5.41) is 2.63. The van der Waals surface area contributed by atoms with E-state index in [1.165, 1.54) is 25.6 Å². The molecule has 2 rings (SSSR count). The number of pyridine rings is 1. The van der Waals surface area contributed by atoms with Gasteiger partial charge in [0.25, 0.3) is 5.91 Å². The maximum absolute atomic E-state index is 11.9. The van der Waals surface area contributed by atoms with Gasteiger partial charge in [0, 0.05) is 18.5 Å². The van der Waals surface area contributed by atoms with Gasteiger partial charge in [-0.2, -0.15) is 0 Å². The monoisotopic (exact) mass is 244 g/mol. The summed E-state index contributed by atoms with van der Waals surface area (Å²) in [7, 11) is 1.51. The number of ether oxygens (including phenoxy) is 1. The number of benzene rings is 1. The first-order chi connectivity index (χ1) is 8.72. The van der Waals surface area contributed by atoms with E-state index in [1.807, 2.05) is 0 Å². The molecule has 2 aromatic rings. The van der Waals surface area contributed by atoms with Gasteiger partial charge in [0.2, 0.25) is 0 Å². The highest BCUT2D eigenvalue weighted by Gasteiger charge is 2.11. The molecule has 0 bridgehead atoms. The van der Waals surface area contributed by atoms with E-state index in [0.717, 1.165) is 0 Å². The SMILES string of the molecule is COc1ccccc1NC(=O)c1c[nH]ccc1=O. The Kier molecular flexibility index (Phi) is 3.43. The minimum Gasteiger partial charge on any atom is -0.495 e. The van der Waals surface area contributed by atoms with Crippen molar-refractivity contribution in [3.8, 4) is 5.75 Å². The zero-order valence-electron chi connectivity index (χ0n) is 9.77. The van der Waals surface area contributed by atoms with Crippen LogP contribution in [0.2, 0.25) is 0 Å². The Bertz CT molecular complexity index is 619. The quantitative estimate of drug-likeness (QED) is 0.862. The van der Waals surface area contributed by atoms with Crippen LogP contribution >= 0.6 is 0 Å². The van der Waals surface area contributed by atoms with Crippen LogP contribution in [0.1, 0.15) is 10.4 Å². The van der Waals surface area contributed by atoms with Gasteiger partial charge in [0.05, 0.1) is 12.8 Å². The normalized spacial score (nSPS) is 9.83. The number of aromatic amines is 1. The first-order valence-corrected chi connectivity index (χ1v) is 5.34. The standard InChI is InChI=1S/C13H12N2O3/c1-18-12-5-3-2-4-10(12)15-13(17)9-8-14-7-6-11(9)16/h2-8H,1H3,(H,14,16)(H,15,17). The summed E-state index contributed by atoms with van der Waals surface area (Å²) in [6.45, 7) is 0. The molecule has 0 atom stereocenters. The maximum atomic E-state index is 11.9. The molecular weight excluding hydrogens is 232 g/mol. The number of methoxy groups -OCH3 is 1. The fourth-order valence-electron chi connectivity index (χ4n) is 1.53. The second-order valence-corrected chi connectivity index (χ2v) is 3.58. The molecule has 0 aliphatic rings. The molecule has 0 saturated heterocycles. The molecule has 1 aromatic heterocycles. The number of hydrogen-bond acceptors (Lipinski definition) is 3. The number of H-pyrrole nitrogens is 1. The highest BCUT2D eigenvalue weighted by atomic mass is 16.5. The second-order valence-electron chi connectivity index (χ2n) is 3.58. The van der Waals surface area contributed by atoms with Crippen molar-refractivity contribution in [3.05, 3.63) is 58.5 Å². The predicted octanol–water partition coefficient (Wildman–Crippen LogP) is 1.64. The third-order valence-electron chi connectivity index (χ3n) is 2.42. The lowest BCUT2D eigenvalue weighted by Crippen LogP contribution is -2.21. The van der Waals surface area contributed by atoms with Gasteiger partial charge in [-0.3, -0.25) is 9.59 Å². The smallest absolute Gasteiger partial charge is 0.261 e. The molecule has 0 fully saturated rings.